The van der Waals surface area contributed by atoms with E-state index in [1.807, 2.05) is 24.5 Å². The Morgan fingerprint density at radius 1 is 1.27 bits per heavy atom. The summed E-state index contributed by atoms with van der Waals surface area (Å²) in [6.07, 6.45) is 6.08. The first-order valence-electron chi connectivity index (χ1n) is 10.4. The monoisotopic (exact) mass is 434 g/mol. The van der Waals surface area contributed by atoms with Gasteiger partial charge in [-0.3, -0.25) is 4.98 Å². The highest BCUT2D eigenvalue weighted by Gasteiger charge is 2.26. The molecule has 0 amide bonds. The normalized spacial score (nSPS) is 14.3. The number of nitrogens with zero attached hydrogens (tertiary/aromatic N) is 5. The molecule has 0 spiro atoms. The summed E-state index contributed by atoms with van der Waals surface area (Å²) in [5, 5.41) is 3.92. The molecule has 10 heteroatoms. The molecule has 9 nitrogen and oxygen atoms in total. The quantitative estimate of drug-likeness (QED) is 0.493. The van der Waals surface area contributed by atoms with Crippen LogP contribution in [0.15, 0.2) is 23.0 Å². The fraction of sp³-hybridized carbons (Fsp3) is 0.600. The molecule has 0 aliphatic heterocycles. The molecule has 0 fully saturated rings. The van der Waals surface area contributed by atoms with Gasteiger partial charge in [0.05, 0.1) is 17.5 Å². The first-order valence-corrected chi connectivity index (χ1v) is 12.1. The molecule has 0 bridgehead atoms. The van der Waals surface area contributed by atoms with Crippen molar-refractivity contribution >= 4 is 21.1 Å². The Labute approximate surface area is 177 Å². The first-order chi connectivity index (χ1) is 14.3. The van der Waals surface area contributed by atoms with Crippen LogP contribution < -0.4 is 4.72 Å². The molecule has 3 aromatic rings. The third-order valence-electron chi connectivity index (χ3n) is 5.29. The zero-order valence-electron chi connectivity index (χ0n) is 18.0. The second-order valence-electron chi connectivity index (χ2n) is 7.67. The topological polar surface area (TPSA) is 116 Å². The maximum absolute atomic E-state index is 12.8. The van der Waals surface area contributed by atoms with Crippen molar-refractivity contribution in [3.05, 3.63) is 36.0 Å². The fourth-order valence-corrected chi connectivity index (χ4v) is 4.65. The van der Waals surface area contributed by atoms with Gasteiger partial charge >= 0.3 is 0 Å². The van der Waals surface area contributed by atoms with E-state index in [1.165, 1.54) is 0 Å². The molecule has 164 valence electrons. The number of aromatic nitrogens is 5. The van der Waals surface area contributed by atoms with Crippen LogP contribution in [0.2, 0.25) is 0 Å². The van der Waals surface area contributed by atoms with Gasteiger partial charge in [-0.2, -0.15) is 4.98 Å². The molecule has 0 radical (unpaired) electrons. The average molecular weight is 435 g/mol. The number of sulfonamides is 1. The summed E-state index contributed by atoms with van der Waals surface area (Å²) in [5.74, 6) is 2.08. The Balaban J connectivity index is 1.67. The second-order valence-corrected chi connectivity index (χ2v) is 9.54. The molecule has 3 aromatic heterocycles. The highest BCUT2D eigenvalue weighted by atomic mass is 32.2. The van der Waals surface area contributed by atoms with Gasteiger partial charge in [0.25, 0.3) is 0 Å². The van der Waals surface area contributed by atoms with Crippen molar-refractivity contribution in [1.82, 2.24) is 29.4 Å². The lowest BCUT2D eigenvalue weighted by atomic mass is 10.00. The molecule has 0 aliphatic rings. The van der Waals surface area contributed by atoms with Crippen LogP contribution in [0.25, 0.3) is 11.0 Å². The van der Waals surface area contributed by atoms with Crippen LogP contribution in [-0.2, 0) is 23.0 Å². The van der Waals surface area contributed by atoms with Crippen LogP contribution in [-0.4, -0.2) is 38.8 Å². The lowest BCUT2D eigenvalue weighted by Gasteiger charge is -2.18. The maximum Gasteiger partial charge on any atom is 0.244 e. The Morgan fingerprint density at radius 2 is 2.07 bits per heavy atom. The minimum Gasteiger partial charge on any atom is -0.338 e. The summed E-state index contributed by atoms with van der Waals surface area (Å²) in [6, 6.07) is 1.38. The molecule has 3 heterocycles. The van der Waals surface area contributed by atoms with Crippen molar-refractivity contribution in [3.63, 3.8) is 0 Å². The number of aryl methyl sites for hydroxylation is 3. The van der Waals surface area contributed by atoms with Crippen LogP contribution in [0.5, 0.6) is 0 Å². The standard InChI is InChI=1S/C20H30N6O3S/c1-5-14(3)12-16(20-23-19(6-2)24-29-20)25-30(27,28)11-7-10-26-15(4)22-17-13-21-9-8-18(17)26/h8-9,13-14,16,25H,5-7,10-12H2,1-4H3. The molecule has 3 rings (SSSR count). The van der Waals surface area contributed by atoms with Crippen LogP contribution >= 0.6 is 0 Å². The number of fused-ring (bicyclic) bond motifs is 1. The Morgan fingerprint density at radius 3 is 2.77 bits per heavy atom. The van der Waals surface area contributed by atoms with Crippen LogP contribution in [0.1, 0.15) is 63.6 Å². The molecule has 0 aliphatic carbocycles. The summed E-state index contributed by atoms with van der Waals surface area (Å²) in [4.78, 5) is 12.9. The Kier molecular flexibility index (Phi) is 7.19. The second kappa shape index (κ2) is 9.65. The third-order valence-corrected chi connectivity index (χ3v) is 6.76. The number of hydrogen-bond donors (Lipinski definition) is 1. The SMILES string of the molecule is CCc1noc(C(CC(C)CC)NS(=O)(=O)CCCn2c(C)nc3cnccc32)n1. The number of hydrogen-bond acceptors (Lipinski definition) is 7. The van der Waals surface area contributed by atoms with Crippen molar-refractivity contribution in [2.45, 2.75) is 66.0 Å². The molecule has 30 heavy (non-hydrogen) atoms. The lowest BCUT2D eigenvalue weighted by molar-refractivity contribution is 0.314. The largest absolute Gasteiger partial charge is 0.338 e. The van der Waals surface area contributed by atoms with E-state index in [0.717, 1.165) is 23.3 Å². The van der Waals surface area contributed by atoms with Crippen molar-refractivity contribution in [2.75, 3.05) is 5.75 Å². The van der Waals surface area contributed by atoms with E-state index in [1.54, 1.807) is 12.4 Å². The Hall–Kier alpha value is -2.33. The number of imidazole rings is 1. The van der Waals surface area contributed by atoms with E-state index in [2.05, 4.69) is 38.7 Å². The molecule has 1 N–H and O–H groups in total. The first kappa shape index (κ1) is 22.4. The van der Waals surface area contributed by atoms with E-state index in [0.29, 0.717) is 43.4 Å². The van der Waals surface area contributed by atoms with Gasteiger partial charge < -0.3 is 9.09 Å². The maximum atomic E-state index is 12.8. The summed E-state index contributed by atoms with van der Waals surface area (Å²) in [6.45, 7) is 8.56. The average Bonchev–Trinajstić information content (AvgIpc) is 3.32. The van der Waals surface area contributed by atoms with Gasteiger partial charge in [0.15, 0.2) is 5.82 Å². The lowest BCUT2D eigenvalue weighted by Crippen LogP contribution is -2.32. The van der Waals surface area contributed by atoms with E-state index < -0.39 is 16.1 Å². The molecule has 2 atom stereocenters. The Bertz CT molecular complexity index is 1080. The summed E-state index contributed by atoms with van der Waals surface area (Å²) < 4.78 is 35.7. The molecule has 2 unspecified atom stereocenters. The summed E-state index contributed by atoms with van der Waals surface area (Å²) >= 11 is 0. The molecule has 0 aromatic carbocycles. The number of nitrogens with one attached hydrogen (secondary N) is 1. The fourth-order valence-electron chi connectivity index (χ4n) is 3.39. The third kappa shape index (κ3) is 5.42. The van der Waals surface area contributed by atoms with Gasteiger partial charge in [-0.15, -0.1) is 0 Å². The predicted molar refractivity (Wildman–Crippen MR) is 114 cm³/mol. The van der Waals surface area contributed by atoms with E-state index in [9.17, 15) is 8.42 Å². The van der Waals surface area contributed by atoms with Gasteiger partial charge in [0.1, 0.15) is 17.4 Å². The van der Waals surface area contributed by atoms with Gasteiger partial charge in [-0.1, -0.05) is 32.3 Å². The highest BCUT2D eigenvalue weighted by Crippen LogP contribution is 2.23. The predicted octanol–water partition coefficient (Wildman–Crippen LogP) is 3.17. The molecule has 0 saturated heterocycles. The number of pyridine rings is 1. The molecular weight excluding hydrogens is 404 g/mol. The zero-order valence-corrected chi connectivity index (χ0v) is 18.8. The molecule has 0 saturated carbocycles. The van der Waals surface area contributed by atoms with E-state index >= 15 is 0 Å². The smallest absolute Gasteiger partial charge is 0.244 e. The minimum absolute atomic E-state index is 0.00295. The van der Waals surface area contributed by atoms with Gasteiger partial charge in [-0.25, -0.2) is 18.1 Å². The summed E-state index contributed by atoms with van der Waals surface area (Å²) in [7, 11) is -3.52. The van der Waals surface area contributed by atoms with Crippen molar-refractivity contribution in [1.29, 1.82) is 0 Å². The van der Waals surface area contributed by atoms with Crippen molar-refractivity contribution < 1.29 is 12.9 Å². The van der Waals surface area contributed by atoms with Crippen molar-refractivity contribution in [3.8, 4) is 0 Å². The van der Waals surface area contributed by atoms with E-state index in [-0.39, 0.29) is 5.75 Å². The van der Waals surface area contributed by atoms with Crippen LogP contribution in [0.3, 0.4) is 0 Å². The highest BCUT2D eigenvalue weighted by molar-refractivity contribution is 7.89. The van der Waals surface area contributed by atoms with Crippen LogP contribution in [0, 0.1) is 12.8 Å². The number of rotatable bonds is 11. The minimum atomic E-state index is -3.52. The van der Waals surface area contributed by atoms with E-state index in [4.69, 9.17) is 4.52 Å². The van der Waals surface area contributed by atoms with Crippen LogP contribution in [0.4, 0.5) is 0 Å². The molecular formula is C20H30N6O3S. The zero-order chi connectivity index (χ0) is 21.7. The van der Waals surface area contributed by atoms with Gasteiger partial charge in [0, 0.05) is 19.2 Å². The summed E-state index contributed by atoms with van der Waals surface area (Å²) in [5.41, 5.74) is 1.77. The van der Waals surface area contributed by atoms with Crippen molar-refractivity contribution in [2.24, 2.45) is 5.92 Å². The van der Waals surface area contributed by atoms with Gasteiger partial charge in [0.2, 0.25) is 15.9 Å². The van der Waals surface area contributed by atoms with Gasteiger partial charge in [-0.05, 0) is 31.7 Å².